The molecular weight excluding hydrogens is 249 g/mol. The first kappa shape index (κ1) is 11.9. The van der Waals surface area contributed by atoms with Crippen LogP contribution >= 0.6 is 0 Å². The van der Waals surface area contributed by atoms with Gasteiger partial charge in [0, 0.05) is 31.5 Å². The highest BCUT2D eigenvalue weighted by Gasteiger charge is 2.26. The maximum Gasteiger partial charge on any atom is 0.288 e. The van der Waals surface area contributed by atoms with E-state index in [4.69, 9.17) is 0 Å². The van der Waals surface area contributed by atoms with E-state index in [0.29, 0.717) is 5.95 Å². The van der Waals surface area contributed by atoms with E-state index in [1.807, 2.05) is 15.7 Å². The van der Waals surface area contributed by atoms with Crippen LogP contribution in [0.1, 0.15) is 12.8 Å². The van der Waals surface area contributed by atoms with Gasteiger partial charge in [0.15, 0.2) is 0 Å². The monoisotopic (exact) mass is 263 g/mol. The van der Waals surface area contributed by atoms with Crippen LogP contribution in [0.4, 0.5) is 10.3 Å². The third-order valence-electron chi connectivity index (χ3n) is 3.37. The summed E-state index contributed by atoms with van der Waals surface area (Å²) in [5, 5.41) is 0. The van der Waals surface area contributed by atoms with Gasteiger partial charge >= 0.3 is 0 Å². The molecule has 19 heavy (non-hydrogen) atoms. The fourth-order valence-electron chi connectivity index (χ4n) is 2.46. The maximum atomic E-state index is 13.0. The van der Waals surface area contributed by atoms with Gasteiger partial charge in [0.25, 0.3) is 5.56 Å². The van der Waals surface area contributed by atoms with Crippen molar-refractivity contribution < 1.29 is 4.39 Å². The van der Waals surface area contributed by atoms with Crippen molar-refractivity contribution in [3.63, 3.8) is 0 Å². The molecule has 1 unspecified atom stereocenters. The molecule has 1 aliphatic rings. The van der Waals surface area contributed by atoms with Crippen LogP contribution in [0.3, 0.4) is 0 Å². The van der Waals surface area contributed by atoms with Crippen LogP contribution in [0.2, 0.25) is 0 Å². The Bertz CT molecular complexity index is 609. The predicted octanol–water partition coefficient (Wildman–Crippen LogP) is 0.774. The van der Waals surface area contributed by atoms with Gasteiger partial charge in [-0.15, -0.1) is 0 Å². The lowest BCUT2D eigenvalue weighted by atomic mass is 10.2. The summed E-state index contributed by atoms with van der Waals surface area (Å²) in [6, 6.07) is 0.239. The van der Waals surface area contributed by atoms with Crippen molar-refractivity contribution in [2.45, 2.75) is 25.4 Å². The van der Waals surface area contributed by atoms with E-state index >= 15 is 0 Å². The fraction of sp³-hybridized carbons (Fsp3) is 0.417. The highest BCUT2D eigenvalue weighted by molar-refractivity contribution is 5.32. The Labute approximate surface area is 108 Å². The second-order valence-corrected chi connectivity index (χ2v) is 4.63. The lowest BCUT2D eigenvalue weighted by Crippen LogP contribution is -2.35. The highest BCUT2D eigenvalue weighted by Crippen LogP contribution is 2.22. The molecule has 2 aromatic rings. The van der Waals surface area contributed by atoms with Crippen molar-refractivity contribution in [2.75, 3.05) is 11.4 Å². The first-order chi connectivity index (χ1) is 9.24. The highest BCUT2D eigenvalue weighted by atomic mass is 19.1. The number of aromatic nitrogens is 4. The summed E-state index contributed by atoms with van der Waals surface area (Å²) in [7, 11) is 0. The summed E-state index contributed by atoms with van der Waals surface area (Å²) in [6.07, 6.45) is 8.41. The van der Waals surface area contributed by atoms with Gasteiger partial charge in [-0.3, -0.25) is 9.78 Å². The minimum absolute atomic E-state index is 0.239. The van der Waals surface area contributed by atoms with Gasteiger partial charge in [-0.2, -0.15) is 4.39 Å². The molecule has 3 rings (SSSR count). The topological polar surface area (TPSA) is 66.8 Å². The number of halogens is 1. The lowest BCUT2D eigenvalue weighted by Gasteiger charge is -2.25. The molecule has 0 bridgehead atoms. The van der Waals surface area contributed by atoms with Crippen molar-refractivity contribution >= 4 is 5.95 Å². The third kappa shape index (κ3) is 2.35. The van der Waals surface area contributed by atoms with Crippen molar-refractivity contribution in [1.29, 1.82) is 0 Å². The number of hydrogen-bond donors (Lipinski definition) is 1. The number of nitrogens with zero attached hydrogens (tertiary/aromatic N) is 4. The van der Waals surface area contributed by atoms with Crippen LogP contribution in [0, 0.1) is 5.82 Å². The summed E-state index contributed by atoms with van der Waals surface area (Å²) >= 11 is 0. The molecular formula is C12H14FN5O. The number of H-pyrrole nitrogens is 1. The molecule has 0 amide bonds. The number of imidazole rings is 1. The SMILES string of the molecule is O=c1[nH]c(N2CCCC2Cn2ccnc2)ncc1F. The first-order valence-electron chi connectivity index (χ1n) is 6.21. The Morgan fingerprint density at radius 3 is 3.16 bits per heavy atom. The largest absolute Gasteiger partial charge is 0.338 e. The van der Waals surface area contributed by atoms with Gasteiger partial charge in [0.1, 0.15) is 0 Å². The average molecular weight is 263 g/mol. The van der Waals surface area contributed by atoms with E-state index in [-0.39, 0.29) is 6.04 Å². The Kier molecular flexibility index (Phi) is 3.02. The molecule has 1 saturated heterocycles. The Morgan fingerprint density at radius 1 is 1.53 bits per heavy atom. The zero-order valence-electron chi connectivity index (χ0n) is 10.3. The number of nitrogens with one attached hydrogen (secondary N) is 1. The molecule has 1 aliphatic heterocycles. The van der Waals surface area contributed by atoms with E-state index in [2.05, 4.69) is 15.0 Å². The smallest absolute Gasteiger partial charge is 0.288 e. The number of hydrogen-bond acceptors (Lipinski definition) is 4. The maximum absolute atomic E-state index is 13.0. The normalized spacial score (nSPS) is 19.0. The van der Waals surface area contributed by atoms with Crippen molar-refractivity contribution in [3.05, 3.63) is 41.1 Å². The minimum Gasteiger partial charge on any atom is -0.338 e. The van der Waals surface area contributed by atoms with Crippen LogP contribution in [0.25, 0.3) is 0 Å². The average Bonchev–Trinajstić information content (AvgIpc) is 3.05. The zero-order valence-corrected chi connectivity index (χ0v) is 10.3. The third-order valence-corrected chi connectivity index (χ3v) is 3.37. The second-order valence-electron chi connectivity index (χ2n) is 4.63. The number of anilines is 1. The quantitative estimate of drug-likeness (QED) is 0.888. The molecule has 0 aromatic carbocycles. The van der Waals surface area contributed by atoms with Crippen LogP contribution in [0.5, 0.6) is 0 Å². The van der Waals surface area contributed by atoms with Crippen molar-refractivity contribution in [3.8, 4) is 0 Å². The van der Waals surface area contributed by atoms with Gasteiger partial charge in [-0.05, 0) is 12.8 Å². The summed E-state index contributed by atoms with van der Waals surface area (Å²) < 4.78 is 14.9. The van der Waals surface area contributed by atoms with Crippen molar-refractivity contribution in [2.24, 2.45) is 0 Å². The van der Waals surface area contributed by atoms with E-state index < -0.39 is 11.4 Å². The fourth-order valence-corrected chi connectivity index (χ4v) is 2.46. The van der Waals surface area contributed by atoms with Crippen LogP contribution in [0.15, 0.2) is 29.7 Å². The molecule has 100 valence electrons. The van der Waals surface area contributed by atoms with Crippen LogP contribution in [-0.4, -0.2) is 32.1 Å². The van der Waals surface area contributed by atoms with Crippen molar-refractivity contribution in [1.82, 2.24) is 19.5 Å². The zero-order chi connectivity index (χ0) is 13.2. The summed E-state index contributed by atoms with van der Waals surface area (Å²) in [4.78, 5) is 23.8. The standard InChI is InChI=1S/C12H14FN5O/c13-10-6-15-12(16-11(10)19)18-4-1-2-9(18)7-17-5-3-14-8-17/h3,5-6,8-9H,1-2,4,7H2,(H,15,16,19). The molecule has 1 N–H and O–H groups in total. The van der Waals surface area contributed by atoms with Crippen LogP contribution in [-0.2, 0) is 6.54 Å². The van der Waals surface area contributed by atoms with E-state index in [0.717, 1.165) is 32.1 Å². The summed E-state index contributed by atoms with van der Waals surface area (Å²) in [5.74, 6) is -0.414. The summed E-state index contributed by atoms with van der Waals surface area (Å²) in [5.41, 5.74) is -0.724. The van der Waals surface area contributed by atoms with E-state index in [1.54, 1.807) is 12.5 Å². The van der Waals surface area contributed by atoms with Gasteiger partial charge < -0.3 is 9.47 Å². The minimum atomic E-state index is -0.853. The first-order valence-corrected chi connectivity index (χ1v) is 6.21. The summed E-state index contributed by atoms with van der Waals surface area (Å²) in [6.45, 7) is 1.59. The number of rotatable bonds is 3. The second kappa shape index (κ2) is 4.83. The molecule has 6 nitrogen and oxygen atoms in total. The Hall–Kier alpha value is -2.18. The van der Waals surface area contributed by atoms with E-state index in [1.165, 1.54) is 0 Å². The molecule has 3 heterocycles. The molecule has 1 atom stereocenters. The number of aromatic amines is 1. The Morgan fingerprint density at radius 2 is 2.42 bits per heavy atom. The van der Waals surface area contributed by atoms with Crippen LogP contribution < -0.4 is 10.5 Å². The molecule has 1 fully saturated rings. The van der Waals surface area contributed by atoms with Gasteiger partial charge in [-0.1, -0.05) is 0 Å². The molecule has 0 radical (unpaired) electrons. The predicted molar refractivity (Wildman–Crippen MR) is 67.4 cm³/mol. The van der Waals surface area contributed by atoms with Gasteiger partial charge in [-0.25, -0.2) is 9.97 Å². The molecule has 2 aromatic heterocycles. The Balaban J connectivity index is 1.82. The van der Waals surface area contributed by atoms with Gasteiger partial charge in [0.05, 0.1) is 12.5 Å². The molecule has 0 saturated carbocycles. The lowest BCUT2D eigenvalue weighted by molar-refractivity contribution is 0.539. The van der Waals surface area contributed by atoms with E-state index in [9.17, 15) is 9.18 Å². The molecule has 0 aliphatic carbocycles. The molecule has 0 spiro atoms. The van der Waals surface area contributed by atoms with Gasteiger partial charge in [0.2, 0.25) is 11.8 Å². The molecule has 7 heteroatoms.